The fraction of sp³-hybridized carbons (Fsp3) is 0.286. The van der Waals surface area contributed by atoms with Gasteiger partial charge in [0.05, 0.1) is 19.7 Å². The number of alkyl carbamates (subject to hydrolysis) is 1. The zero-order valence-corrected chi connectivity index (χ0v) is 31.3. The average molecular weight is 782 g/mol. The second kappa shape index (κ2) is 20.3. The molecule has 0 heterocycles. The van der Waals surface area contributed by atoms with Gasteiger partial charge in [-0.1, -0.05) is 109 Å². The maximum atomic E-state index is 14.8. The van der Waals surface area contributed by atoms with Gasteiger partial charge in [0.15, 0.2) is 0 Å². The summed E-state index contributed by atoms with van der Waals surface area (Å²) in [6.45, 7) is -1.67. The molecule has 0 unspecified atom stereocenters. The van der Waals surface area contributed by atoms with Crippen LogP contribution in [-0.4, -0.2) is 87.0 Å². The van der Waals surface area contributed by atoms with E-state index in [-0.39, 0.29) is 25.6 Å². The first-order valence-corrected chi connectivity index (χ1v) is 18.2. The molecule has 14 nitrogen and oxygen atoms in total. The van der Waals surface area contributed by atoms with Crippen LogP contribution in [0.2, 0.25) is 0 Å². The number of nitrogens with one attached hydrogen (secondary N) is 5. The number of hydrogen-bond acceptors (Lipinski definition) is 9. The van der Waals surface area contributed by atoms with E-state index in [4.69, 9.17) is 14.2 Å². The molecule has 1 aliphatic rings. The van der Waals surface area contributed by atoms with E-state index in [9.17, 15) is 33.2 Å². The van der Waals surface area contributed by atoms with Crippen LogP contribution in [0.15, 0.2) is 109 Å². The van der Waals surface area contributed by atoms with E-state index in [2.05, 4.69) is 26.6 Å². The summed E-state index contributed by atoms with van der Waals surface area (Å²) in [5.41, 5.74) is 3.17. The van der Waals surface area contributed by atoms with E-state index in [1.165, 1.54) is 0 Å². The summed E-state index contributed by atoms with van der Waals surface area (Å²) in [6.07, 6.45) is -0.734. The first-order valence-electron chi connectivity index (χ1n) is 18.2. The lowest BCUT2D eigenvalue weighted by Gasteiger charge is -2.20. The maximum absolute atomic E-state index is 14.8. The Morgan fingerprint density at radius 1 is 0.649 bits per heavy atom. The molecule has 0 fully saturated rings. The Balaban J connectivity index is 1.01. The molecule has 5 rings (SSSR count). The Bertz CT molecular complexity index is 1990. The van der Waals surface area contributed by atoms with Gasteiger partial charge in [0.2, 0.25) is 29.3 Å². The first kappa shape index (κ1) is 41.6. The Kier molecular flexibility index (Phi) is 14.8. The van der Waals surface area contributed by atoms with Crippen LogP contribution in [0.3, 0.4) is 0 Å². The van der Waals surface area contributed by atoms with Crippen LogP contribution in [0.5, 0.6) is 0 Å². The molecule has 57 heavy (non-hydrogen) atoms. The number of amides is 5. The minimum atomic E-state index is -2.48. The summed E-state index contributed by atoms with van der Waals surface area (Å²) in [5.74, 6) is -4.02. The predicted octanol–water partition coefficient (Wildman–Crippen LogP) is 3.05. The van der Waals surface area contributed by atoms with Crippen molar-refractivity contribution in [2.75, 3.05) is 39.6 Å². The monoisotopic (exact) mass is 781 g/mol. The van der Waals surface area contributed by atoms with Gasteiger partial charge in [-0.2, -0.15) is 0 Å². The molecular formula is C42H44FN5O9. The highest BCUT2D eigenvalue weighted by atomic mass is 19.1. The van der Waals surface area contributed by atoms with E-state index in [0.717, 1.165) is 29.2 Å². The SMILES string of the molecule is C[C@@](F)(COCNC(=O)CNC(=O)[C@H](Cc1ccccc1)NC(=O)CNC(=O)CNC(=O)OCC1c2ccccc2-c2ccccc21)C(=O)OCc1ccccc1. The van der Waals surface area contributed by atoms with Gasteiger partial charge in [-0.15, -0.1) is 0 Å². The van der Waals surface area contributed by atoms with Gasteiger partial charge in [0.1, 0.15) is 32.5 Å². The van der Waals surface area contributed by atoms with E-state index < -0.39 is 80.4 Å². The number of halogens is 1. The van der Waals surface area contributed by atoms with Crippen molar-refractivity contribution in [2.24, 2.45) is 0 Å². The first-order chi connectivity index (χ1) is 27.5. The molecule has 1 aliphatic carbocycles. The Hall–Kier alpha value is -6.61. The molecule has 0 bridgehead atoms. The van der Waals surface area contributed by atoms with Crippen LogP contribution in [0, 0.1) is 0 Å². The van der Waals surface area contributed by atoms with Crippen molar-refractivity contribution in [3.8, 4) is 11.1 Å². The molecule has 4 aromatic rings. The molecular weight excluding hydrogens is 737 g/mol. The van der Waals surface area contributed by atoms with E-state index in [0.29, 0.717) is 11.1 Å². The zero-order chi connectivity index (χ0) is 40.6. The van der Waals surface area contributed by atoms with Gasteiger partial charge < -0.3 is 40.8 Å². The summed E-state index contributed by atoms with van der Waals surface area (Å²) >= 11 is 0. The lowest BCUT2D eigenvalue weighted by molar-refractivity contribution is -0.162. The van der Waals surface area contributed by atoms with Crippen molar-refractivity contribution in [3.63, 3.8) is 0 Å². The van der Waals surface area contributed by atoms with E-state index >= 15 is 0 Å². The van der Waals surface area contributed by atoms with Gasteiger partial charge in [0.25, 0.3) is 0 Å². The summed E-state index contributed by atoms with van der Waals surface area (Å²) in [7, 11) is 0. The number of benzene rings is 4. The normalized spacial score (nSPS) is 13.1. The van der Waals surface area contributed by atoms with Crippen molar-refractivity contribution in [2.45, 2.75) is 37.6 Å². The van der Waals surface area contributed by atoms with Crippen LogP contribution in [0.25, 0.3) is 11.1 Å². The number of hydrogen-bond donors (Lipinski definition) is 5. The largest absolute Gasteiger partial charge is 0.458 e. The molecule has 2 atom stereocenters. The van der Waals surface area contributed by atoms with Crippen molar-refractivity contribution >= 4 is 35.7 Å². The van der Waals surface area contributed by atoms with Gasteiger partial charge >= 0.3 is 12.1 Å². The number of rotatable bonds is 19. The van der Waals surface area contributed by atoms with Crippen LogP contribution in [0.4, 0.5) is 9.18 Å². The van der Waals surface area contributed by atoms with Gasteiger partial charge in [0, 0.05) is 12.3 Å². The second-order valence-electron chi connectivity index (χ2n) is 13.3. The van der Waals surface area contributed by atoms with E-state index in [1.54, 1.807) is 60.7 Å². The molecule has 0 saturated carbocycles. The van der Waals surface area contributed by atoms with Gasteiger partial charge in [-0.05, 0) is 40.3 Å². The molecule has 0 aliphatic heterocycles. The number of carbonyl (C=O) groups is 6. The van der Waals surface area contributed by atoms with Crippen molar-refractivity contribution < 1.29 is 47.4 Å². The summed E-state index contributed by atoms with van der Waals surface area (Å²) < 4.78 is 30.4. The molecule has 0 spiro atoms. The maximum Gasteiger partial charge on any atom is 0.407 e. The lowest BCUT2D eigenvalue weighted by Crippen LogP contribution is -2.52. The highest BCUT2D eigenvalue weighted by molar-refractivity contribution is 5.92. The standard InChI is InChI=1S/C42H44FN5O9/c1-42(43,40(53)56-24-29-14-6-3-7-15-29)26-55-27-47-37(50)21-45-39(52)35(20-28-12-4-2-5-13-28)48-38(51)23-44-36(49)22-46-41(54)57-25-34-32-18-10-8-16-30(32)31-17-9-11-19-33(31)34/h2-19,34-35H,20-27H2,1H3,(H,44,49)(H,45,52)(H,46,54)(H,47,50)(H,48,51)/t35-,42+/m0/s1. The average Bonchev–Trinajstić information content (AvgIpc) is 3.55. The topological polar surface area (TPSA) is 190 Å². The van der Waals surface area contributed by atoms with Crippen LogP contribution >= 0.6 is 0 Å². The van der Waals surface area contributed by atoms with Gasteiger partial charge in [-0.25, -0.2) is 14.0 Å². The zero-order valence-electron chi connectivity index (χ0n) is 31.3. The number of alkyl halides is 1. The molecule has 0 saturated heterocycles. The summed E-state index contributed by atoms with van der Waals surface area (Å²) in [4.78, 5) is 75.4. The minimum Gasteiger partial charge on any atom is -0.458 e. The molecule has 4 aromatic carbocycles. The minimum absolute atomic E-state index is 0.0654. The second-order valence-corrected chi connectivity index (χ2v) is 13.3. The Morgan fingerprint density at radius 3 is 1.84 bits per heavy atom. The van der Waals surface area contributed by atoms with Crippen LogP contribution in [-0.2, 0) is 51.2 Å². The number of esters is 1. The quantitative estimate of drug-likeness (QED) is 0.0541. The molecule has 298 valence electrons. The lowest BCUT2D eigenvalue weighted by atomic mass is 9.98. The predicted molar refractivity (Wildman–Crippen MR) is 206 cm³/mol. The third-order valence-corrected chi connectivity index (χ3v) is 8.92. The van der Waals surface area contributed by atoms with Crippen LogP contribution < -0.4 is 26.6 Å². The number of fused-ring (bicyclic) bond motifs is 3. The molecule has 15 heteroatoms. The molecule has 5 N–H and O–H groups in total. The highest BCUT2D eigenvalue weighted by Gasteiger charge is 2.35. The third kappa shape index (κ3) is 12.4. The molecule has 0 radical (unpaired) electrons. The third-order valence-electron chi connectivity index (χ3n) is 8.92. The fourth-order valence-corrected chi connectivity index (χ4v) is 6.01. The smallest absolute Gasteiger partial charge is 0.407 e. The van der Waals surface area contributed by atoms with Crippen molar-refractivity contribution in [1.82, 2.24) is 26.6 Å². The summed E-state index contributed by atoms with van der Waals surface area (Å²) in [6, 6.07) is 32.2. The Morgan fingerprint density at radius 2 is 1.19 bits per heavy atom. The number of ether oxygens (including phenoxy) is 3. The summed E-state index contributed by atoms with van der Waals surface area (Å²) in [5, 5.41) is 12.1. The fourth-order valence-electron chi connectivity index (χ4n) is 6.01. The Labute approximate surface area is 328 Å². The molecule has 0 aromatic heterocycles. The van der Waals surface area contributed by atoms with Crippen molar-refractivity contribution in [3.05, 3.63) is 131 Å². The van der Waals surface area contributed by atoms with Crippen LogP contribution in [0.1, 0.15) is 35.1 Å². The van der Waals surface area contributed by atoms with Crippen molar-refractivity contribution in [1.29, 1.82) is 0 Å². The van der Waals surface area contributed by atoms with Gasteiger partial charge in [-0.3, -0.25) is 19.2 Å². The highest BCUT2D eigenvalue weighted by Crippen LogP contribution is 2.44. The number of carbonyl (C=O) groups excluding carboxylic acids is 6. The van der Waals surface area contributed by atoms with E-state index in [1.807, 2.05) is 48.5 Å². The molecule has 5 amide bonds.